The highest BCUT2D eigenvalue weighted by atomic mass is 32.2. The monoisotopic (exact) mass is 216 g/mol. The van der Waals surface area contributed by atoms with Crippen LogP contribution >= 0.6 is 11.8 Å². The van der Waals surface area contributed by atoms with E-state index in [1.165, 1.54) is 43.7 Å². The van der Waals surface area contributed by atoms with Crippen molar-refractivity contribution < 1.29 is 0 Å². The fourth-order valence-corrected chi connectivity index (χ4v) is 3.58. The van der Waals surface area contributed by atoms with Crippen LogP contribution < -0.4 is 5.73 Å². The molecule has 1 aliphatic rings. The second kappa shape index (κ2) is 5.99. The molecule has 1 unspecified atom stereocenters. The van der Waals surface area contributed by atoms with Crippen molar-refractivity contribution in [3.63, 3.8) is 0 Å². The van der Waals surface area contributed by atoms with Crippen molar-refractivity contribution in [1.82, 2.24) is 4.90 Å². The van der Waals surface area contributed by atoms with Gasteiger partial charge in [-0.05, 0) is 32.2 Å². The standard InChI is InChI=1S/C11H24N2S/c1-3-4-5-7-13(2)11(9-12)6-8-14-10-11/h3-10,12H2,1-2H3. The van der Waals surface area contributed by atoms with E-state index in [0.29, 0.717) is 5.54 Å². The molecule has 0 bridgehead atoms. The van der Waals surface area contributed by atoms with Crippen LogP contribution in [0.2, 0.25) is 0 Å². The Hall–Kier alpha value is 0.270. The fourth-order valence-electron chi connectivity index (χ4n) is 2.05. The van der Waals surface area contributed by atoms with Crippen LogP contribution in [0.5, 0.6) is 0 Å². The van der Waals surface area contributed by atoms with Gasteiger partial charge in [-0.3, -0.25) is 4.90 Å². The number of nitrogens with zero attached hydrogens (tertiary/aromatic N) is 1. The molecule has 2 nitrogen and oxygen atoms in total. The molecule has 0 amide bonds. The zero-order chi connectivity index (χ0) is 10.4. The summed E-state index contributed by atoms with van der Waals surface area (Å²) in [5.41, 5.74) is 6.24. The number of hydrogen-bond acceptors (Lipinski definition) is 3. The Labute approximate surface area is 92.6 Å². The Morgan fingerprint density at radius 2 is 2.21 bits per heavy atom. The fraction of sp³-hybridized carbons (Fsp3) is 1.00. The normalized spacial score (nSPS) is 27.4. The SMILES string of the molecule is CCCCCN(C)C1(CN)CCSC1. The molecular formula is C11H24N2S. The molecule has 1 fully saturated rings. The smallest absolute Gasteiger partial charge is 0.0426 e. The largest absolute Gasteiger partial charge is 0.329 e. The lowest BCUT2D eigenvalue weighted by Gasteiger charge is -2.37. The summed E-state index contributed by atoms with van der Waals surface area (Å²) in [5.74, 6) is 2.52. The molecule has 0 aromatic carbocycles. The molecule has 1 rings (SSSR count). The number of unbranched alkanes of at least 4 members (excludes halogenated alkanes) is 2. The van der Waals surface area contributed by atoms with Crippen molar-refractivity contribution in [2.45, 2.75) is 38.1 Å². The van der Waals surface area contributed by atoms with E-state index < -0.39 is 0 Å². The lowest BCUT2D eigenvalue weighted by molar-refractivity contribution is 0.149. The van der Waals surface area contributed by atoms with Crippen molar-refractivity contribution >= 4 is 11.8 Å². The maximum absolute atomic E-state index is 5.92. The number of likely N-dealkylation sites (N-methyl/N-ethyl adjacent to an activating group) is 1. The average molecular weight is 216 g/mol. The highest BCUT2D eigenvalue weighted by Crippen LogP contribution is 2.31. The number of rotatable bonds is 6. The first-order chi connectivity index (χ1) is 6.75. The van der Waals surface area contributed by atoms with Gasteiger partial charge in [0.1, 0.15) is 0 Å². The minimum atomic E-state index is 0.318. The van der Waals surface area contributed by atoms with Gasteiger partial charge in [0, 0.05) is 17.8 Å². The Balaban J connectivity index is 2.35. The van der Waals surface area contributed by atoms with E-state index in [1.54, 1.807) is 0 Å². The molecular weight excluding hydrogens is 192 g/mol. The van der Waals surface area contributed by atoms with Crippen molar-refractivity contribution in [1.29, 1.82) is 0 Å². The maximum atomic E-state index is 5.92. The Kier molecular flexibility index (Phi) is 5.28. The molecule has 0 aromatic heterocycles. The summed E-state index contributed by atoms with van der Waals surface area (Å²) in [5, 5.41) is 0. The third kappa shape index (κ3) is 2.88. The van der Waals surface area contributed by atoms with E-state index >= 15 is 0 Å². The van der Waals surface area contributed by atoms with Gasteiger partial charge < -0.3 is 5.73 Å². The quantitative estimate of drug-likeness (QED) is 0.688. The first kappa shape index (κ1) is 12.3. The molecule has 84 valence electrons. The second-order valence-electron chi connectivity index (χ2n) is 4.36. The Morgan fingerprint density at radius 3 is 2.71 bits per heavy atom. The predicted octanol–water partition coefficient (Wildman–Crippen LogP) is 1.94. The highest BCUT2D eigenvalue weighted by molar-refractivity contribution is 7.99. The van der Waals surface area contributed by atoms with E-state index in [0.717, 1.165) is 6.54 Å². The Morgan fingerprint density at radius 1 is 1.43 bits per heavy atom. The van der Waals surface area contributed by atoms with Gasteiger partial charge in [0.2, 0.25) is 0 Å². The van der Waals surface area contributed by atoms with Gasteiger partial charge in [-0.15, -0.1) is 0 Å². The summed E-state index contributed by atoms with van der Waals surface area (Å²) in [4.78, 5) is 2.50. The van der Waals surface area contributed by atoms with Crippen LogP contribution in [-0.2, 0) is 0 Å². The maximum Gasteiger partial charge on any atom is 0.0426 e. The molecule has 0 radical (unpaired) electrons. The minimum absolute atomic E-state index is 0.318. The molecule has 3 heteroatoms. The molecule has 0 aliphatic carbocycles. The van der Waals surface area contributed by atoms with Crippen molar-refractivity contribution in [3.05, 3.63) is 0 Å². The van der Waals surface area contributed by atoms with Gasteiger partial charge in [0.25, 0.3) is 0 Å². The molecule has 1 atom stereocenters. The van der Waals surface area contributed by atoms with Gasteiger partial charge in [-0.2, -0.15) is 11.8 Å². The van der Waals surface area contributed by atoms with E-state index in [4.69, 9.17) is 5.73 Å². The number of thioether (sulfide) groups is 1. The van der Waals surface area contributed by atoms with Crippen molar-refractivity contribution in [2.75, 3.05) is 31.6 Å². The molecule has 1 heterocycles. The third-order valence-corrected chi connectivity index (χ3v) is 4.60. The molecule has 1 aliphatic heterocycles. The first-order valence-electron chi connectivity index (χ1n) is 5.74. The summed E-state index contributed by atoms with van der Waals surface area (Å²) in [6.45, 7) is 4.29. The van der Waals surface area contributed by atoms with Crippen LogP contribution in [-0.4, -0.2) is 42.1 Å². The zero-order valence-corrected chi connectivity index (χ0v) is 10.4. The highest BCUT2D eigenvalue weighted by Gasteiger charge is 2.36. The van der Waals surface area contributed by atoms with E-state index in [1.807, 2.05) is 0 Å². The molecule has 1 saturated heterocycles. The lowest BCUT2D eigenvalue weighted by atomic mass is 9.97. The van der Waals surface area contributed by atoms with Crippen LogP contribution in [0.15, 0.2) is 0 Å². The zero-order valence-electron chi connectivity index (χ0n) is 9.59. The third-order valence-electron chi connectivity index (χ3n) is 3.37. The first-order valence-corrected chi connectivity index (χ1v) is 6.90. The van der Waals surface area contributed by atoms with Crippen molar-refractivity contribution in [3.8, 4) is 0 Å². The summed E-state index contributed by atoms with van der Waals surface area (Å²) in [6, 6.07) is 0. The van der Waals surface area contributed by atoms with Gasteiger partial charge in [-0.1, -0.05) is 19.8 Å². The molecule has 0 spiro atoms. The summed E-state index contributed by atoms with van der Waals surface area (Å²) < 4.78 is 0. The van der Waals surface area contributed by atoms with Crippen LogP contribution in [0, 0.1) is 0 Å². The van der Waals surface area contributed by atoms with E-state index in [9.17, 15) is 0 Å². The number of hydrogen-bond donors (Lipinski definition) is 1. The molecule has 0 aromatic rings. The minimum Gasteiger partial charge on any atom is -0.329 e. The van der Waals surface area contributed by atoms with Crippen LogP contribution in [0.4, 0.5) is 0 Å². The predicted molar refractivity (Wildman–Crippen MR) is 65.9 cm³/mol. The van der Waals surface area contributed by atoms with Gasteiger partial charge in [0.15, 0.2) is 0 Å². The Bertz CT molecular complexity index is 155. The summed E-state index contributed by atoms with van der Waals surface area (Å²) >= 11 is 2.05. The summed E-state index contributed by atoms with van der Waals surface area (Å²) in [7, 11) is 2.24. The van der Waals surface area contributed by atoms with Crippen LogP contribution in [0.25, 0.3) is 0 Å². The van der Waals surface area contributed by atoms with E-state index in [2.05, 4.69) is 30.6 Å². The van der Waals surface area contributed by atoms with Gasteiger partial charge >= 0.3 is 0 Å². The second-order valence-corrected chi connectivity index (χ2v) is 5.46. The van der Waals surface area contributed by atoms with Gasteiger partial charge in [0.05, 0.1) is 0 Å². The number of nitrogens with two attached hydrogens (primary N) is 1. The average Bonchev–Trinajstić information content (AvgIpc) is 2.67. The molecule has 14 heavy (non-hydrogen) atoms. The van der Waals surface area contributed by atoms with Crippen molar-refractivity contribution in [2.24, 2.45) is 5.73 Å². The molecule has 0 saturated carbocycles. The van der Waals surface area contributed by atoms with Crippen LogP contribution in [0.1, 0.15) is 32.6 Å². The van der Waals surface area contributed by atoms with E-state index in [-0.39, 0.29) is 0 Å². The lowest BCUT2D eigenvalue weighted by Crippen LogP contribution is -2.52. The van der Waals surface area contributed by atoms with Gasteiger partial charge in [-0.25, -0.2) is 0 Å². The van der Waals surface area contributed by atoms with Crippen LogP contribution in [0.3, 0.4) is 0 Å². The molecule has 2 N–H and O–H groups in total. The topological polar surface area (TPSA) is 29.3 Å². The summed E-state index contributed by atoms with van der Waals surface area (Å²) in [6.07, 6.45) is 5.24.